The van der Waals surface area contributed by atoms with E-state index in [4.69, 9.17) is 0 Å². The third-order valence-electron chi connectivity index (χ3n) is 5.18. The van der Waals surface area contributed by atoms with Crippen LogP contribution in [0.25, 0.3) is 0 Å². The van der Waals surface area contributed by atoms with Gasteiger partial charge in [-0.25, -0.2) is 0 Å². The number of likely N-dealkylation sites (tertiary alicyclic amines) is 1. The van der Waals surface area contributed by atoms with E-state index in [9.17, 15) is 9.59 Å². The first kappa shape index (κ1) is 18.3. The normalized spacial score (nSPS) is 19.7. The van der Waals surface area contributed by atoms with Crippen LogP contribution in [0, 0.1) is 5.92 Å². The lowest BCUT2D eigenvalue weighted by Gasteiger charge is -2.28. The molecule has 1 heterocycles. The molecule has 0 aliphatic carbocycles. The second-order valence-electron chi connectivity index (χ2n) is 7.03. The summed E-state index contributed by atoms with van der Waals surface area (Å²) < 4.78 is 0. The fourth-order valence-corrected chi connectivity index (χ4v) is 3.56. The Morgan fingerprint density at radius 3 is 2.27 bits per heavy atom. The number of Topliss-reactive ketones (excluding diaryl/α,β-unsaturated/α-hetero) is 1. The SMILES string of the molecule is CCc1ccc(NC(=O)C[NH+]2CCC(C(=O)c3ccccc3)CC2)cc1. The van der Waals surface area contributed by atoms with Crippen molar-refractivity contribution in [2.45, 2.75) is 26.2 Å². The van der Waals surface area contributed by atoms with Crippen molar-refractivity contribution in [3.8, 4) is 0 Å². The molecule has 3 rings (SSSR count). The minimum absolute atomic E-state index is 0.0390. The molecule has 2 aromatic rings. The van der Waals surface area contributed by atoms with Gasteiger partial charge in [0.1, 0.15) is 0 Å². The number of carbonyl (C=O) groups is 2. The molecule has 0 saturated carbocycles. The molecule has 0 aromatic heterocycles. The van der Waals surface area contributed by atoms with Gasteiger partial charge >= 0.3 is 0 Å². The number of carbonyl (C=O) groups excluding carboxylic acids is 2. The molecule has 1 aliphatic heterocycles. The molecule has 0 radical (unpaired) electrons. The van der Waals surface area contributed by atoms with E-state index in [0.717, 1.165) is 43.6 Å². The fourth-order valence-electron chi connectivity index (χ4n) is 3.56. The zero-order valence-electron chi connectivity index (χ0n) is 15.3. The van der Waals surface area contributed by atoms with E-state index in [1.165, 1.54) is 10.5 Å². The van der Waals surface area contributed by atoms with Gasteiger partial charge in [-0.3, -0.25) is 9.59 Å². The highest BCUT2D eigenvalue weighted by atomic mass is 16.2. The number of quaternary nitrogens is 1. The second kappa shape index (κ2) is 8.77. The number of rotatable bonds is 6. The highest BCUT2D eigenvalue weighted by Gasteiger charge is 2.28. The van der Waals surface area contributed by atoms with E-state index in [1.54, 1.807) is 0 Å². The minimum atomic E-state index is 0.0390. The van der Waals surface area contributed by atoms with Crippen molar-refractivity contribution < 1.29 is 14.5 Å². The third kappa shape index (κ3) is 4.79. The van der Waals surface area contributed by atoms with Crippen molar-refractivity contribution in [2.24, 2.45) is 5.92 Å². The number of benzene rings is 2. The third-order valence-corrected chi connectivity index (χ3v) is 5.18. The van der Waals surface area contributed by atoms with Crippen LogP contribution in [0.15, 0.2) is 54.6 Å². The van der Waals surface area contributed by atoms with Gasteiger partial charge in [-0.2, -0.15) is 0 Å². The maximum absolute atomic E-state index is 12.5. The molecule has 2 aromatic carbocycles. The van der Waals surface area contributed by atoms with Gasteiger partial charge in [-0.05, 0) is 24.1 Å². The Bertz CT molecular complexity index is 732. The van der Waals surface area contributed by atoms with Gasteiger partial charge in [-0.1, -0.05) is 49.4 Å². The molecule has 136 valence electrons. The Hall–Kier alpha value is -2.46. The lowest BCUT2D eigenvalue weighted by molar-refractivity contribution is -0.897. The van der Waals surface area contributed by atoms with Gasteiger partial charge in [0.25, 0.3) is 5.91 Å². The smallest absolute Gasteiger partial charge is 0.279 e. The Balaban J connectivity index is 1.46. The van der Waals surface area contributed by atoms with Crippen molar-refractivity contribution in [3.63, 3.8) is 0 Å². The van der Waals surface area contributed by atoms with E-state index in [1.807, 2.05) is 54.6 Å². The summed E-state index contributed by atoms with van der Waals surface area (Å²) in [5.41, 5.74) is 2.91. The monoisotopic (exact) mass is 351 g/mol. The lowest BCUT2D eigenvalue weighted by Crippen LogP contribution is -3.14. The van der Waals surface area contributed by atoms with E-state index in [2.05, 4.69) is 12.2 Å². The van der Waals surface area contributed by atoms with Gasteiger partial charge in [0.2, 0.25) is 0 Å². The molecule has 2 N–H and O–H groups in total. The number of hydrogen-bond donors (Lipinski definition) is 2. The molecule has 0 atom stereocenters. The summed E-state index contributed by atoms with van der Waals surface area (Å²) in [5.74, 6) is 0.369. The van der Waals surface area contributed by atoms with Gasteiger partial charge in [-0.15, -0.1) is 0 Å². The molecule has 1 fully saturated rings. The number of aryl methyl sites for hydroxylation is 1. The van der Waals surface area contributed by atoms with Crippen LogP contribution in [-0.2, 0) is 11.2 Å². The number of piperidine rings is 1. The van der Waals surface area contributed by atoms with Crippen LogP contribution in [0.3, 0.4) is 0 Å². The number of ketones is 1. The standard InChI is InChI=1S/C22H26N2O2/c1-2-17-8-10-20(11-9-17)23-21(25)16-24-14-12-19(13-15-24)22(26)18-6-4-3-5-7-18/h3-11,19H,2,12-16H2,1H3,(H,23,25)/p+1. The number of hydrogen-bond acceptors (Lipinski definition) is 2. The summed E-state index contributed by atoms with van der Waals surface area (Å²) in [6, 6.07) is 17.5. The summed E-state index contributed by atoms with van der Waals surface area (Å²) in [5, 5.41) is 2.97. The zero-order chi connectivity index (χ0) is 18.4. The molecule has 26 heavy (non-hydrogen) atoms. The van der Waals surface area contributed by atoms with Gasteiger partial charge < -0.3 is 10.2 Å². The predicted molar refractivity (Wildman–Crippen MR) is 104 cm³/mol. The van der Waals surface area contributed by atoms with Crippen molar-refractivity contribution in [2.75, 3.05) is 25.0 Å². The first-order valence-electron chi connectivity index (χ1n) is 9.47. The van der Waals surface area contributed by atoms with Crippen LogP contribution < -0.4 is 10.2 Å². The fraction of sp³-hybridized carbons (Fsp3) is 0.364. The summed E-state index contributed by atoms with van der Waals surface area (Å²) in [6.07, 6.45) is 2.69. The Labute approximate surface area is 155 Å². The van der Waals surface area contributed by atoms with Crippen molar-refractivity contribution in [1.82, 2.24) is 0 Å². The zero-order valence-corrected chi connectivity index (χ0v) is 15.3. The lowest BCUT2D eigenvalue weighted by atomic mass is 9.89. The molecule has 1 saturated heterocycles. The van der Waals surface area contributed by atoms with Gasteiger partial charge in [0.05, 0.1) is 13.1 Å². The number of amides is 1. The summed E-state index contributed by atoms with van der Waals surface area (Å²) in [6.45, 7) is 4.31. The molecule has 4 heteroatoms. The quantitative estimate of drug-likeness (QED) is 0.785. The van der Waals surface area contributed by atoms with E-state index >= 15 is 0 Å². The average Bonchev–Trinajstić information content (AvgIpc) is 2.69. The van der Waals surface area contributed by atoms with E-state index in [-0.39, 0.29) is 17.6 Å². The molecule has 0 unspecified atom stereocenters. The van der Waals surface area contributed by atoms with Crippen molar-refractivity contribution in [3.05, 3.63) is 65.7 Å². The predicted octanol–water partition coefficient (Wildman–Crippen LogP) is 2.37. The van der Waals surface area contributed by atoms with E-state index < -0.39 is 0 Å². The average molecular weight is 351 g/mol. The van der Waals surface area contributed by atoms with Crippen LogP contribution in [0.4, 0.5) is 5.69 Å². The van der Waals surface area contributed by atoms with Crippen LogP contribution in [0.5, 0.6) is 0 Å². The summed E-state index contributed by atoms with van der Waals surface area (Å²) in [7, 11) is 0. The molecular formula is C22H27N2O2+. The maximum Gasteiger partial charge on any atom is 0.279 e. The first-order chi connectivity index (χ1) is 12.7. The molecular weight excluding hydrogens is 324 g/mol. The van der Waals surface area contributed by atoms with Crippen molar-refractivity contribution in [1.29, 1.82) is 0 Å². The number of nitrogens with one attached hydrogen (secondary N) is 2. The number of anilines is 1. The van der Waals surface area contributed by atoms with Crippen LogP contribution in [0.1, 0.15) is 35.7 Å². The second-order valence-corrected chi connectivity index (χ2v) is 7.03. The van der Waals surface area contributed by atoms with Crippen LogP contribution in [-0.4, -0.2) is 31.3 Å². The highest BCUT2D eigenvalue weighted by molar-refractivity contribution is 5.97. The van der Waals surface area contributed by atoms with Crippen LogP contribution in [0.2, 0.25) is 0 Å². The Kier molecular flexibility index (Phi) is 6.18. The van der Waals surface area contributed by atoms with E-state index in [0.29, 0.717) is 6.54 Å². The Morgan fingerprint density at radius 1 is 1.00 bits per heavy atom. The van der Waals surface area contributed by atoms with Gasteiger partial charge in [0.15, 0.2) is 12.3 Å². The maximum atomic E-state index is 12.5. The summed E-state index contributed by atoms with van der Waals surface area (Å²) in [4.78, 5) is 26.1. The topological polar surface area (TPSA) is 50.6 Å². The molecule has 4 nitrogen and oxygen atoms in total. The molecule has 1 amide bonds. The Morgan fingerprint density at radius 2 is 1.65 bits per heavy atom. The molecule has 0 bridgehead atoms. The summed E-state index contributed by atoms with van der Waals surface area (Å²) >= 11 is 0. The van der Waals surface area contributed by atoms with Crippen molar-refractivity contribution >= 4 is 17.4 Å². The highest BCUT2D eigenvalue weighted by Crippen LogP contribution is 2.16. The van der Waals surface area contributed by atoms with Gasteiger partial charge in [0, 0.05) is 30.0 Å². The minimum Gasteiger partial charge on any atom is -0.327 e. The molecule has 0 spiro atoms. The largest absolute Gasteiger partial charge is 0.327 e. The first-order valence-corrected chi connectivity index (χ1v) is 9.47. The van der Waals surface area contributed by atoms with Crippen LogP contribution >= 0.6 is 0 Å². The molecule has 1 aliphatic rings.